The molecule has 12 heteroatoms. The number of benzene rings is 1. The van der Waals surface area contributed by atoms with Gasteiger partial charge in [-0.25, -0.2) is 9.59 Å². The molecular weight excluding hydrogens is 476 g/mol. The molecule has 1 saturated heterocycles. The number of carboxylic acid groups (broad SMARTS) is 3. The van der Waals surface area contributed by atoms with E-state index in [2.05, 4.69) is 0 Å². The number of aliphatic hydroxyl groups is 1. The fraction of sp³-hybridized carbons (Fsp3) is 0.583. The van der Waals surface area contributed by atoms with Gasteiger partial charge < -0.3 is 40.5 Å². The molecule has 0 bridgehead atoms. The van der Waals surface area contributed by atoms with Crippen LogP contribution in [0.3, 0.4) is 0 Å². The van der Waals surface area contributed by atoms with Gasteiger partial charge in [0.25, 0.3) is 0 Å². The first-order chi connectivity index (χ1) is 16.5. The van der Waals surface area contributed by atoms with E-state index in [1.807, 2.05) is 52.0 Å². The third-order valence-electron chi connectivity index (χ3n) is 5.09. The van der Waals surface area contributed by atoms with Gasteiger partial charge in [-0.05, 0) is 45.4 Å². The predicted octanol–water partition coefficient (Wildman–Crippen LogP) is 2.24. The predicted molar refractivity (Wildman–Crippen MR) is 128 cm³/mol. The molecule has 6 N–H and O–H groups in total. The quantitative estimate of drug-likeness (QED) is 0.342. The van der Waals surface area contributed by atoms with Crippen LogP contribution in [0.15, 0.2) is 24.3 Å². The van der Waals surface area contributed by atoms with Crippen molar-refractivity contribution in [1.82, 2.24) is 4.90 Å². The first kappa shape index (κ1) is 30.7. The largest absolute Gasteiger partial charge is 0.490 e. The van der Waals surface area contributed by atoms with Gasteiger partial charge in [0, 0.05) is 32.0 Å². The smallest absolute Gasteiger partial charge is 0.410 e. The Morgan fingerprint density at radius 2 is 1.47 bits per heavy atom. The number of carbonyl (C=O) groups excluding carboxylic acids is 1. The van der Waals surface area contributed by atoms with Crippen LogP contribution in [-0.4, -0.2) is 79.7 Å². The summed E-state index contributed by atoms with van der Waals surface area (Å²) < 4.78 is 11.4. The lowest BCUT2D eigenvalue weighted by Gasteiger charge is -2.33. The standard InChI is InChI=1S/C18H28N2O3.C6H8O7/c1-13(19)14-5-7-15(8-6-14)22-16-9-11-20(12-10-16)17(21)23-18(2,3)4;7-3(8)1-6(13,5(11)12)2-4(9)10/h5-8,13,16H,9-12,19H2,1-4H3;13H,1-2H2,(H,7,8)(H,9,10)(H,11,12)/t13-;/m1./s1. The van der Waals surface area contributed by atoms with Gasteiger partial charge in [-0.3, -0.25) is 9.59 Å². The molecule has 1 atom stereocenters. The van der Waals surface area contributed by atoms with Crippen LogP contribution in [0.2, 0.25) is 0 Å². The molecule has 1 aliphatic rings. The van der Waals surface area contributed by atoms with E-state index in [0.29, 0.717) is 13.1 Å². The van der Waals surface area contributed by atoms with E-state index < -0.39 is 42.0 Å². The Hall–Kier alpha value is -3.38. The van der Waals surface area contributed by atoms with Gasteiger partial charge in [0.1, 0.15) is 17.5 Å². The summed E-state index contributed by atoms with van der Waals surface area (Å²) in [6, 6.07) is 7.94. The number of carboxylic acids is 3. The number of rotatable bonds is 8. The van der Waals surface area contributed by atoms with E-state index in [4.69, 9.17) is 35.6 Å². The molecule has 12 nitrogen and oxygen atoms in total. The molecule has 0 radical (unpaired) electrons. The fourth-order valence-electron chi connectivity index (χ4n) is 3.24. The summed E-state index contributed by atoms with van der Waals surface area (Å²) in [7, 11) is 0. The average molecular weight is 513 g/mol. The summed E-state index contributed by atoms with van der Waals surface area (Å²) >= 11 is 0. The molecule has 1 aliphatic heterocycles. The van der Waals surface area contributed by atoms with Crippen molar-refractivity contribution in [2.45, 2.75) is 76.7 Å². The number of nitrogens with two attached hydrogens (primary N) is 1. The lowest BCUT2D eigenvalue weighted by molar-refractivity contribution is -0.170. The third kappa shape index (κ3) is 10.9. The number of amides is 1. The second-order valence-corrected chi connectivity index (χ2v) is 9.62. The average Bonchev–Trinajstić information content (AvgIpc) is 2.72. The molecule has 0 aliphatic carbocycles. The van der Waals surface area contributed by atoms with Gasteiger partial charge in [-0.1, -0.05) is 12.1 Å². The normalized spacial score (nSPS) is 15.2. The first-order valence-corrected chi connectivity index (χ1v) is 11.4. The maximum absolute atomic E-state index is 12.0. The van der Waals surface area contributed by atoms with Crippen LogP contribution in [0, 0.1) is 0 Å². The number of hydrogen-bond donors (Lipinski definition) is 5. The van der Waals surface area contributed by atoms with Gasteiger partial charge in [-0.15, -0.1) is 0 Å². The Morgan fingerprint density at radius 3 is 1.83 bits per heavy atom. The van der Waals surface area contributed by atoms with E-state index in [0.717, 1.165) is 24.2 Å². The second kappa shape index (κ2) is 13.1. The number of piperidine rings is 1. The SMILES string of the molecule is C[C@@H](N)c1ccc(OC2CCN(C(=O)OC(C)(C)C)CC2)cc1.O=C(O)CC(O)(CC(=O)O)C(=O)O. The van der Waals surface area contributed by atoms with Crippen molar-refractivity contribution in [1.29, 1.82) is 0 Å². The minimum atomic E-state index is -2.74. The molecule has 1 aromatic rings. The van der Waals surface area contributed by atoms with Gasteiger partial charge in [0.2, 0.25) is 0 Å². The van der Waals surface area contributed by atoms with Crippen molar-refractivity contribution in [2.24, 2.45) is 5.73 Å². The van der Waals surface area contributed by atoms with Gasteiger partial charge in [0.15, 0.2) is 5.60 Å². The molecule has 0 aromatic heterocycles. The third-order valence-corrected chi connectivity index (χ3v) is 5.09. The summed E-state index contributed by atoms with van der Waals surface area (Å²) in [5, 5.41) is 33.8. The van der Waals surface area contributed by atoms with Crippen LogP contribution in [0.5, 0.6) is 5.75 Å². The monoisotopic (exact) mass is 512 g/mol. The van der Waals surface area contributed by atoms with Crippen LogP contribution >= 0.6 is 0 Å². The molecule has 0 saturated carbocycles. The van der Waals surface area contributed by atoms with Crippen LogP contribution in [0.25, 0.3) is 0 Å². The molecular formula is C24H36N2O10. The summed E-state index contributed by atoms with van der Waals surface area (Å²) in [5.74, 6) is -4.17. The Labute approximate surface area is 209 Å². The lowest BCUT2D eigenvalue weighted by atomic mass is 9.96. The molecule has 1 aromatic carbocycles. The Bertz CT molecular complexity index is 884. The number of nitrogens with zero attached hydrogens (tertiary/aromatic N) is 1. The number of aliphatic carboxylic acids is 3. The summed E-state index contributed by atoms with van der Waals surface area (Å²) in [6.45, 7) is 8.93. The molecule has 0 unspecified atom stereocenters. The highest BCUT2D eigenvalue weighted by molar-refractivity contribution is 5.88. The number of carbonyl (C=O) groups is 4. The van der Waals surface area contributed by atoms with E-state index >= 15 is 0 Å². The topological polar surface area (TPSA) is 197 Å². The van der Waals surface area contributed by atoms with Crippen molar-refractivity contribution >= 4 is 24.0 Å². The summed E-state index contributed by atoms with van der Waals surface area (Å²) in [6.07, 6.45) is -0.765. The first-order valence-electron chi connectivity index (χ1n) is 11.4. The van der Waals surface area contributed by atoms with Crippen LogP contribution in [0.1, 0.15) is 65.0 Å². The van der Waals surface area contributed by atoms with Crippen LogP contribution < -0.4 is 10.5 Å². The van der Waals surface area contributed by atoms with Crippen LogP contribution in [-0.2, 0) is 19.1 Å². The Kier molecular flexibility index (Phi) is 11.1. The molecule has 1 amide bonds. The van der Waals surface area contributed by atoms with Crippen molar-refractivity contribution in [3.63, 3.8) is 0 Å². The Balaban J connectivity index is 0.000000426. The maximum Gasteiger partial charge on any atom is 0.410 e. The zero-order valence-electron chi connectivity index (χ0n) is 21.0. The van der Waals surface area contributed by atoms with Crippen molar-refractivity contribution in [3.8, 4) is 5.75 Å². The van der Waals surface area contributed by atoms with Gasteiger partial charge in [0.05, 0.1) is 12.8 Å². The molecule has 2 rings (SSSR count). The molecule has 1 heterocycles. The molecule has 36 heavy (non-hydrogen) atoms. The maximum atomic E-state index is 12.0. The minimum absolute atomic E-state index is 0.0288. The van der Waals surface area contributed by atoms with Gasteiger partial charge in [-0.2, -0.15) is 0 Å². The number of hydrogen-bond acceptors (Lipinski definition) is 8. The molecule has 202 valence electrons. The highest BCUT2D eigenvalue weighted by Gasteiger charge is 2.40. The van der Waals surface area contributed by atoms with E-state index in [1.165, 1.54) is 0 Å². The highest BCUT2D eigenvalue weighted by Crippen LogP contribution is 2.22. The summed E-state index contributed by atoms with van der Waals surface area (Å²) in [4.78, 5) is 44.3. The van der Waals surface area contributed by atoms with Crippen molar-refractivity contribution in [3.05, 3.63) is 29.8 Å². The number of likely N-dealkylation sites (tertiary alicyclic amines) is 1. The lowest BCUT2D eigenvalue weighted by Crippen LogP contribution is -2.44. The second-order valence-electron chi connectivity index (χ2n) is 9.62. The molecule has 0 spiro atoms. The van der Waals surface area contributed by atoms with Crippen molar-refractivity contribution in [2.75, 3.05) is 13.1 Å². The number of ether oxygens (including phenoxy) is 2. The van der Waals surface area contributed by atoms with Crippen molar-refractivity contribution < 1.29 is 49.1 Å². The molecule has 1 fully saturated rings. The zero-order valence-corrected chi connectivity index (χ0v) is 21.0. The van der Waals surface area contributed by atoms with E-state index in [-0.39, 0.29) is 18.2 Å². The van der Waals surface area contributed by atoms with E-state index in [1.54, 1.807) is 4.90 Å². The Morgan fingerprint density at radius 1 is 1.00 bits per heavy atom. The zero-order chi connectivity index (χ0) is 27.7. The fourth-order valence-corrected chi connectivity index (χ4v) is 3.24. The van der Waals surface area contributed by atoms with E-state index in [9.17, 15) is 19.2 Å². The van der Waals surface area contributed by atoms with Gasteiger partial charge >= 0.3 is 24.0 Å². The highest BCUT2D eigenvalue weighted by atomic mass is 16.6. The summed E-state index contributed by atoms with van der Waals surface area (Å²) in [5.41, 5.74) is 3.75. The van der Waals surface area contributed by atoms with Crippen LogP contribution in [0.4, 0.5) is 4.79 Å². The minimum Gasteiger partial charge on any atom is -0.490 e.